The number of carbonyl (C=O) groups excluding carboxylic acids is 1. The molecular weight excluding hydrogens is 1010 g/mol. The van der Waals surface area contributed by atoms with E-state index in [9.17, 15) is 27.9 Å². The summed E-state index contributed by atoms with van der Waals surface area (Å²) in [7, 11) is -1.91. The molecule has 5 aliphatic rings. The lowest BCUT2D eigenvalue weighted by Crippen LogP contribution is -2.98. The van der Waals surface area contributed by atoms with E-state index >= 15 is 0 Å². The number of rotatable bonds is 16. The average Bonchev–Trinajstić information content (AvgIpc) is 3.78. The molecule has 0 bridgehead atoms. The third kappa shape index (κ3) is 11.6. The minimum atomic E-state index is -4.61. The van der Waals surface area contributed by atoms with E-state index in [4.69, 9.17) is 25.8 Å². The minimum Gasteiger partial charge on any atom is -0.629 e. The fourth-order valence-electron chi connectivity index (χ4n) is 12.1. The number of hydroxylamine groups is 1. The Balaban J connectivity index is 0.855. The molecule has 3 aliphatic carbocycles. The number of hydrogen-bond donors (Lipinski definition) is 3. The molecule has 10 rings (SSSR count). The van der Waals surface area contributed by atoms with Crippen LogP contribution in [0.4, 0.5) is 15.8 Å². The van der Waals surface area contributed by atoms with E-state index in [2.05, 4.69) is 79.6 Å². The highest BCUT2D eigenvalue weighted by molar-refractivity contribution is 7.90. The summed E-state index contributed by atoms with van der Waals surface area (Å²) in [6, 6.07) is 25.5. The van der Waals surface area contributed by atoms with Crippen molar-refractivity contribution in [1.82, 2.24) is 24.5 Å². The normalized spacial score (nSPS) is 22.4. The van der Waals surface area contributed by atoms with Crippen molar-refractivity contribution in [2.45, 2.75) is 114 Å². The Kier molecular flexibility index (Phi) is 15.5. The zero-order chi connectivity index (χ0) is 53.5. The third-order valence-corrected chi connectivity index (χ3v) is 18.1. The smallest absolute Gasteiger partial charge is 0.277 e. The van der Waals surface area contributed by atoms with Crippen LogP contribution in [0.3, 0.4) is 0 Å². The zero-order valence-corrected chi connectivity index (χ0v) is 45.6. The number of piperazine rings is 1. The number of piperidine rings is 1. The summed E-state index contributed by atoms with van der Waals surface area (Å²) in [5, 5.41) is 23.5. The fourth-order valence-corrected chi connectivity index (χ4v) is 13.1. The van der Waals surface area contributed by atoms with Crippen molar-refractivity contribution in [2.75, 3.05) is 58.4 Å². The molecule has 1 amide bonds. The predicted octanol–water partition coefficient (Wildman–Crippen LogP) is 9.31. The number of allylic oxidation sites excluding steroid dienone is 1. The van der Waals surface area contributed by atoms with Crippen molar-refractivity contribution in [3.05, 3.63) is 135 Å². The van der Waals surface area contributed by atoms with Crippen LogP contribution in [0, 0.1) is 16.5 Å². The fraction of sp³-hybridized carbons (Fsp3) is 0.466. The van der Waals surface area contributed by atoms with Gasteiger partial charge >= 0.3 is 0 Å². The third-order valence-electron chi connectivity index (χ3n) is 16.6. The van der Waals surface area contributed by atoms with Gasteiger partial charge in [0.1, 0.15) is 16.5 Å². The van der Waals surface area contributed by atoms with E-state index in [0.717, 1.165) is 101 Å². The van der Waals surface area contributed by atoms with Gasteiger partial charge in [-0.25, -0.2) is 27.5 Å². The number of aliphatic hydroxyl groups is 1. The molecule has 2 atom stereocenters. The van der Waals surface area contributed by atoms with Gasteiger partial charge in [-0.3, -0.25) is 14.6 Å². The van der Waals surface area contributed by atoms with Gasteiger partial charge in [-0.05, 0) is 129 Å². The SMILES string of the molecule is COc1nc2c(cc1Oc1cc(N3CCC4(CC3)CC(N3CCN(Cc5ccc(Cl)cc5)C[C@H]3c3ccccc3C(C)C)C4)ccc1C(=O)NS(=O)(=O)c1cnc(OCC3CCC(C)(O)CC3)c([NH+](C)[O-])c1)C(F)=CC2. The highest BCUT2D eigenvalue weighted by atomic mass is 35.5. The summed E-state index contributed by atoms with van der Waals surface area (Å²) < 4.78 is 63.1. The van der Waals surface area contributed by atoms with E-state index in [1.807, 2.05) is 19.1 Å². The number of methoxy groups -OCH3 is 1. The van der Waals surface area contributed by atoms with E-state index in [0.29, 0.717) is 30.5 Å². The van der Waals surface area contributed by atoms with Crippen molar-refractivity contribution in [1.29, 1.82) is 0 Å². The number of quaternary nitrogens is 1. The Labute approximate surface area is 450 Å². The first kappa shape index (κ1) is 53.7. The van der Waals surface area contributed by atoms with Crippen LogP contribution in [0.1, 0.15) is 122 Å². The number of carbonyl (C=O) groups is 1. The molecular formula is C58H69ClFN7O8S. The molecule has 0 radical (unpaired) electrons. The maximum atomic E-state index is 15.0. The number of ether oxygens (including phenoxy) is 3. The number of hydrogen-bond acceptors (Lipinski definition) is 13. The second-order valence-electron chi connectivity index (χ2n) is 22.2. The van der Waals surface area contributed by atoms with Gasteiger partial charge in [-0.2, -0.15) is 0 Å². The average molecular weight is 1080 g/mol. The lowest BCUT2D eigenvalue weighted by molar-refractivity contribution is -0.752. The molecule has 18 heteroatoms. The molecule has 1 spiro atoms. The molecule has 2 saturated carbocycles. The summed E-state index contributed by atoms with van der Waals surface area (Å²) in [6.07, 6.45) is 9.63. The number of benzene rings is 3. The molecule has 76 heavy (non-hydrogen) atoms. The molecule has 3 aromatic carbocycles. The Morgan fingerprint density at radius 2 is 1.71 bits per heavy atom. The first-order chi connectivity index (χ1) is 36.4. The molecule has 2 aliphatic heterocycles. The number of anilines is 1. The number of aromatic nitrogens is 2. The first-order valence-electron chi connectivity index (χ1n) is 26.6. The van der Waals surface area contributed by atoms with Crippen molar-refractivity contribution in [2.24, 2.45) is 11.3 Å². The quantitative estimate of drug-likeness (QED) is 0.0799. The second kappa shape index (κ2) is 22.0. The highest BCUT2D eigenvalue weighted by Crippen LogP contribution is 2.54. The molecule has 2 saturated heterocycles. The number of pyridine rings is 2. The van der Waals surface area contributed by atoms with Crippen molar-refractivity contribution >= 4 is 44.7 Å². The van der Waals surface area contributed by atoms with E-state index in [1.54, 1.807) is 12.1 Å². The highest BCUT2D eigenvalue weighted by Gasteiger charge is 2.50. The van der Waals surface area contributed by atoms with E-state index < -0.39 is 37.3 Å². The van der Waals surface area contributed by atoms with E-state index in [-0.39, 0.29) is 70.5 Å². The molecule has 15 nitrogen and oxygen atoms in total. The zero-order valence-electron chi connectivity index (χ0n) is 44.0. The van der Waals surface area contributed by atoms with Crippen LogP contribution < -0.4 is 28.9 Å². The van der Waals surface area contributed by atoms with Gasteiger partial charge in [0.25, 0.3) is 27.7 Å². The molecule has 2 aromatic heterocycles. The van der Waals surface area contributed by atoms with Crippen LogP contribution in [0.5, 0.6) is 23.3 Å². The van der Waals surface area contributed by atoms with Gasteiger partial charge in [-0.1, -0.05) is 61.8 Å². The largest absolute Gasteiger partial charge is 0.629 e. The Bertz CT molecular complexity index is 3080. The van der Waals surface area contributed by atoms with Crippen molar-refractivity contribution < 1.29 is 42.0 Å². The topological polar surface area (TPSA) is 174 Å². The van der Waals surface area contributed by atoms with Crippen LogP contribution in [-0.4, -0.2) is 104 Å². The molecule has 4 fully saturated rings. The Morgan fingerprint density at radius 3 is 2.42 bits per heavy atom. The summed E-state index contributed by atoms with van der Waals surface area (Å²) in [5.41, 5.74) is 4.86. The molecule has 3 N–H and O–H groups in total. The number of fused-ring (bicyclic) bond motifs is 1. The summed E-state index contributed by atoms with van der Waals surface area (Å²) >= 11 is 6.24. The molecule has 5 aromatic rings. The van der Waals surface area contributed by atoms with Crippen LogP contribution >= 0.6 is 11.6 Å². The lowest BCUT2D eigenvalue weighted by Gasteiger charge is -2.58. The first-order valence-corrected chi connectivity index (χ1v) is 28.5. The van der Waals surface area contributed by atoms with Gasteiger partial charge in [0.15, 0.2) is 11.4 Å². The number of nitrogens with one attached hydrogen (secondary N) is 2. The maximum Gasteiger partial charge on any atom is 0.277 e. The van der Waals surface area contributed by atoms with Crippen molar-refractivity contribution in [3.63, 3.8) is 0 Å². The molecule has 404 valence electrons. The summed E-state index contributed by atoms with van der Waals surface area (Å²) in [5.74, 6) is -0.811. The maximum absolute atomic E-state index is 15.0. The number of halogens is 2. The number of nitrogens with zero attached hydrogens (tertiary/aromatic N) is 5. The molecule has 1 unspecified atom stereocenters. The number of amides is 1. The van der Waals surface area contributed by atoms with Crippen LogP contribution in [0.15, 0.2) is 96.0 Å². The minimum absolute atomic E-state index is 0.00933. The predicted molar refractivity (Wildman–Crippen MR) is 291 cm³/mol. The number of sulfonamides is 1. The second-order valence-corrected chi connectivity index (χ2v) is 24.4. The van der Waals surface area contributed by atoms with Crippen LogP contribution in [-0.2, 0) is 23.0 Å². The standard InChI is InChI=1S/C58H69ClFN7O8S/c1-37(2)44-8-6-7-9-45(44)51-35-65(34-38-10-12-40(59)13-11-38)26-27-67(51)42-31-58(32-42)22-24-66(25-23-58)41-14-15-46(52(28-41)75-53-30-47-48(60)16-17-49(47)62-56(53)73-5)54(68)63-76(71,72)43-29-50(64(4)70)55(61-33-43)74-36-39-18-20-57(3,69)21-19-39/h6-16,28-30,33,37,39,42,51,64,69H,17-27,31-32,34-36H2,1-5H3,(H,63,68)/t39?,51-,57?/m0/s1. The monoisotopic (exact) mass is 1080 g/mol. The Morgan fingerprint density at radius 1 is 0.974 bits per heavy atom. The Hall–Kier alpha value is -5.66. The van der Waals surface area contributed by atoms with Crippen LogP contribution in [0.2, 0.25) is 5.02 Å². The van der Waals surface area contributed by atoms with Crippen molar-refractivity contribution in [3.8, 4) is 23.3 Å². The lowest BCUT2D eigenvalue weighted by atomic mass is 9.59. The van der Waals surface area contributed by atoms with Gasteiger partial charge < -0.3 is 34.5 Å². The van der Waals surface area contributed by atoms with Crippen LogP contribution in [0.25, 0.3) is 5.83 Å². The van der Waals surface area contributed by atoms with Gasteiger partial charge in [-0.15, -0.1) is 0 Å². The van der Waals surface area contributed by atoms with Gasteiger partial charge in [0.2, 0.25) is 0 Å². The van der Waals surface area contributed by atoms with E-state index in [1.165, 1.54) is 49.1 Å². The summed E-state index contributed by atoms with van der Waals surface area (Å²) in [6.45, 7) is 11.9. The van der Waals surface area contributed by atoms with Gasteiger partial charge in [0, 0.05) is 86.2 Å². The van der Waals surface area contributed by atoms with Gasteiger partial charge in [0.05, 0.1) is 43.8 Å². The molecule has 4 heterocycles. The summed E-state index contributed by atoms with van der Waals surface area (Å²) in [4.78, 5) is 30.2.